The van der Waals surface area contributed by atoms with E-state index in [1.165, 1.54) is 18.4 Å². The fraction of sp³-hybridized carbons (Fsp3) is 0.385. The van der Waals surface area contributed by atoms with Gasteiger partial charge in [-0.1, -0.05) is 12.1 Å². The van der Waals surface area contributed by atoms with Crippen molar-refractivity contribution < 1.29 is 23.7 Å². The molecular weight excluding hydrogens is 492 g/mol. The van der Waals surface area contributed by atoms with Crippen molar-refractivity contribution in [2.24, 2.45) is 5.41 Å². The Morgan fingerprint density at radius 1 is 1.03 bits per heavy atom. The van der Waals surface area contributed by atoms with Crippen molar-refractivity contribution in [2.45, 2.75) is 25.8 Å². The molecule has 0 unspecified atom stereocenters. The molecule has 1 aromatic carbocycles. The number of furan rings is 1. The Labute approximate surface area is 218 Å². The van der Waals surface area contributed by atoms with Gasteiger partial charge in [0.1, 0.15) is 6.54 Å². The number of nitro groups is 1. The van der Waals surface area contributed by atoms with Gasteiger partial charge in [0.25, 0.3) is 11.6 Å². The second-order valence-electron chi connectivity index (χ2n) is 9.81. The second-order valence-corrected chi connectivity index (χ2v) is 9.81. The smallest absolute Gasteiger partial charge is 0.287 e. The molecule has 2 aliphatic heterocycles. The Kier molecular flexibility index (Phi) is 6.95. The van der Waals surface area contributed by atoms with Crippen LogP contribution < -0.4 is 5.32 Å². The third kappa shape index (κ3) is 5.43. The first-order valence-corrected chi connectivity index (χ1v) is 12.5. The monoisotopic (exact) mass is 520 g/mol. The van der Waals surface area contributed by atoms with Crippen LogP contribution >= 0.6 is 0 Å². The Morgan fingerprint density at radius 3 is 2.50 bits per heavy atom. The van der Waals surface area contributed by atoms with Crippen molar-refractivity contribution in [3.05, 3.63) is 70.8 Å². The number of nitro benzene ring substituents is 1. The first-order valence-electron chi connectivity index (χ1n) is 12.5. The van der Waals surface area contributed by atoms with Gasteiger partial charge in [0.15, 0.2) is 5.76 Å². The van der Waals surface area contributed by atoms with Crippen molar-refractivity contribution in [2.75, 3.05) is 32.7 Å². The molecule has 2 aromatic heterocycles. The largest absolute Gasteiger partial charge is 0.459 e. The molecule has 2 aliphatic rings. The summed E-state index contributed by atoms with van der Waals surface area (Å²) in [5.74, 6) is -0.420. The molecule has 4 heterocycles. The topological polar surface area (TPSA) is 144 Å². The average Bonchev–Trinajstić information content (AvgIpc) is 3.70. The Balaban J connectivity index is 1.10. The van der Waals surface area contributed by atoms with Crippen LogP contribution in [0, 0.1) is 15.5 Å². The Morgan fingerprint density at radius 2 is 1.79 bits per heavy atom. The summed E-state index contributed by atoms with van der Waals surface area (Å²) in [6.45, 7) is 2.48. The van der Waals surface area contributed by atoms with Crippen LogP contribution in [0.25, 0.3) is 11.3 Å². The number of piperidine rings is 1. The van der Waals surface area contributed by atoms with Gasteiger partial charge in [0, 0.05) is 50.1 Å². The highest BCUT2D eigenvalue weighted by Gasteiger charge is 2.42. The van der Waals surface area contributed by atoms with Crippen molar-refractivity contribution in [3.63, 3.8) is 0 Å². The van der Waals surface area contributed by atoms with E-state index >= 15 is 0 Å². The van der Waals surface area contributed by atoms with Gasteiger partial charge in [-0.05, 0) is 42.9 Å². The highest BCUT2D eigenvalue weighted by Crippen LogP contribution is 2.40. The Hall–Kier alpha value is -4.48. The fourth-order valence-electron chi connectivity index (χ4n) is 5.17. The molecule has 12 heteroatoms. The van der Waals surface area contributed by atoms with E-state index in [1.54, 1.807) is 46.1 Å². The van der Waals surface area contributed by atoms with Gasteiger partial charge < -0.3 is 19.5 Å². The van der Waals surface area contributed by atoms with Crippen molar-refractivity contribution in [3.8, 4) is 11.3 Å². The van der Waals surface area contributed by atoms with Gasteiger partial charge in [-0.25, -0.2) is 0 Å². The SMILES string of the molecule is O=C(NCC(=O)N1CCC2(CC1)CCN(C(=O)Cn1ccc(-c3cccc([N+](=O)[O-])c3)n1)C2)c1ccco1. The summed E-state index contributed by atoms with van der Waals surface area (Å²) in [7, 11) is 0. The maximum atomic E-state index is 13.0. The van der Waals surface area contributed by atoms with E-state index in [0.717, 1.165) is 19.3 Å². The summed E-state index contributed by atoms with van der Waals surface area (Å²) in [4.78, 5) is 51.8. The summed E-state index contributed by atoms with van der Waals surface area (Å²) >= 11 is 0. The number of hydrogen-bond donors (Lipinski definition) is 1. The van der Waals surface area contributed by atoms with E-state index in [2.05, 4.69) is 10.4 Å². The first kappa shape index (κ1) is 25.2. The van der Waals surface area contributed by atoms with Crippen LogP contribution in [0.1, 0.15) is 29.8 Å². The number of carbonyl (C=O) groups excluding carboxylic acids is 3. The van der Waals surface area contributed by atoms with Crippen molar-refractivity contribution >= 4 is 23.4 Å². The number of nitrogens with zero attached hydrogens (tertiary/aromatic N) is 5. The lowest BCUT2D eigenvalue weighted by molar-refractivity contribution is -0.384. The summed E-state index contributed by atoms with van der Waals surface area (Å²) in [5, 5.41) is 18.1. The van der Waals surface area contributed by atoms with E-state index in [9.17, 15) is 24.5 Å². The molecular formula is C26H28N6O6. The standard InChI is InChI=1S/C26H28N6O6/c33-23(16-27-25(35)22-5-2-14-38-22)29-11-7-26(8-12-29)9-13-30(18-26)24(34)17-31-10-6-21(28-31)19-3-1-4-20(15-19)32(36)37/h1-6,10,14-15H,7-9,11-13,16-18H2,(H,27,35). The number of rotatable bonds is 7. The van der Waals surface area contributed by atoms with Crippen LogP contribution in [0.5, 0.6) is 0 Å². The molecule has 2 saturated heterocycles. The second kappa shape index (κ2) is 10.5. The summed E-state index contributed by atoms with van der Waals surface area (Å²) in [5.41, 5.74) is 1.16. The molecule has 198 valence electrons. The molecule has 0 atom stereocenters. The van der Waals surface area contributed by atoms with Gasteiger partial charge in [-0.3, -0.25) is 29.2 Å². The molecule has 5 rings (SSSR count). The van der Waals surface area contributed by atoms with E-state index < -0.39 is 10.8 Å². The van der Waals surface area contributed by atoms with Crippen molar-refractivity contribution in [1.82, 2.24) is 24.9 Å². The zero-order valence-electron chi connectivity index (χ0n) is 20.7. The Bertz CT molecular complexity index is 1340. The zero-order chi connectivity index (χ0) is 26.7. The fourth-order valence-corrected chi connectivity index (χ4v) is 5.17. The minimum atomic E-state index is -0.450. The maximum absolute atomic E-state index is 13.0. The minimum absolute atomic E-state index is 0.0118. The molecule has 0 bridgehead atoms. The van der Waals surface area contributed by atoms with Gasteiger partial charge in [-0.15, -0.1) is 0 Å². The van der Waals surface area contributed by atoms with Gasteiger partial charge in [0.05, 0.1) is 23.4 Å². The third-order valence-corrected chi connectivity index (χ3v) is 7.40. The lowest BCUT2D eigenvalue weighted by Crippen LogP contribution is -2.47. The summed E-state index contributed by atoms with van der Waals surface area (Å²) in [6.07, 6.45) is 5.59. The summed E-state index contributed by atoms with van der Waals surface area (Å²) < 4.78 is 6.60. The third-order valence-electron chi connectivity index (χ3n) is 7.40. The molecule has 1 spiro atoms. The number of benzene rings is 1. The first-order chi connectivity index (χ1) is 18.3. The van der Waals surface area contributed by atoms with E-state index in [-0.39, 0.29) is 41.8 Å². The lowest BCUT2D eigenvalue weighted by Gasteiger charge is -2.39. The molecule has 3 amide bonds. The minimum Gasteiger partial charge on any atom is -0.459 e. The zero-order valence-corrected chi connectivity index (χ0v) is 20.7. The summed E-state index contributed by atoms with van der Waals surface area (Å²) in [6, 6.07) is 11.1. The number of carbonyl (C=O) groups is 3. The molecule has 0 radical (unpaired) electrons. The number of amides is 3. The number of hydrogen-bond acceptors (Lipinski definition) is 7. The van der Waals surface area contributed by atoms with E-state index in [1.807, 2.05) is 4.90 Å². The number of likely N-dealkylation sites (tertiary alicyclic amines) is 2. The quantitative estimate of drug-likeness (QED) is 0.372. The molecule has 12 nitrogen and oxygen atoms in total. The van der Waals surface area contributed by atoms with E-state index in [0.29, 0.717) is 37.4 Å². The van der Waals surface area contributed by atoms with Crippen LogP contribution in [0.4, 0.5) is 5.69 Å². The predicted molar refractivity (Wildman–Crippen MR) is 135 cm³/mol. The highest BCUT2D eigenvalue weighted by atomic mass is 16.6. The maximum Gasteiger partial charge on any atom is 0.287 e. The number of aromatic nitrogens is 2. The molecule has 0 aliphatic carbocycles. The van der Waals surface area contributed by atoms with Crippen LogP contribution in [0.2, 0.25) is 0 Å². The predicted octanol–water partition coefficient (Wildman–Crippen LogP) is 2.32. The van der Waals surface area contributed by atoms with Crippen LogP contribution in [0.3, 0.4) is 0 Å². The number of nitrogens with one attached hydrogen (secondary N) is 1. The molecule has 3 aromatic rings. The van der Waals surface area contributed by atoms with Gasteiger partial charge in [0.2, 0.25) is 11.8 Å². The average molecular weight is 521 g/mol. The van der Waals surface area contributed by atoms with E-state index in [4.69, 9.17) is 4.42 Å². The van der Waals surface area contributed by atoms with Gasteiger partial charge >= 0.3 is 0 Å². The molecule has 1 N–H and O–H groups in total. The van der Waals surface area contributed by atoms with Crippen molar-refractivity contribution in [1.29, 1.82) is 0 Å². The molecule has 38 heavy (non-hydrogen) atoms. The van der Waals surface area contributed by atoms with Crippen LogP contribution in [0.15, 0.2) is 59.3 Å². The molecule has 2 fully saturated rings. The van der Waals surface area contributed by atoms with Crippen LogP contribution in [-0.2, 0) is 16.1 Å². The van der Waals surface area contributed by atoms with Gasteiger partial charge in [-0.2, -0.15) is 5.10 Å². The highest BCUT2D eigenvalue weighted by molar-refractivity contribution is 5.94. The molecule has 0 saturated carbocycles. The lowest BCUT2D eigenvalue weighted by atomic mass is 9.78. The number of non-ortho nitro benzene ring substituents is 1. The van der Waals surface area contributed by atoms with Crippen LogP contribution in [-0.4, -0.2) is 74.9 Å². The normalized spacial score (nSPS) is 16.5.